The van der Waals surface area contributed by atoms with Crippen molar-refractivity contribution in [2.75, 3.05) is 7.05 Å². The van der Waals surface area contributed by atoms with Crippen LogP contribution in [-0.2, 0) is 12.6 Å². The van der Waals surface area contributed by atoms with Crippen LogP contribution in [-0.4, -0.2) is 12.0 Å². The average Bonchev–Trinajstić information content (AvgIpc) is 2.80. The minimum Gasteiger partial charge on any atom is -0.307 e. The van der Waals surface area contributed by atoms with Crippen LogP contribution in [0.2, 0.25) is 0 Å². The van der Waals surface area contributed by atoms with Gasteiger partial charge in [-0.05, 0) is 38.1 Å². The lowest BCUT2D eigenvalue weighted by Gasteiger charge is -2.15. The van der Waals surface area contributed by atoms with Gasteiger partial charge in [0.25, 0.3) is 0 Å². The van der Waals surface area contributed by atoms with Crippen LogP contribution in [0.4, 0.5) is 13.2 Å². The Labute approximate surface area is 126 Å². The molecule has 2 aromatic rings. The molecule has 2 nitrogen and oxygen atoms in total. The normalized spacial score (nSPS) is 13.4. The molecule has 1 unspecified atom stereocenters. The number of hydrogen-bond donors (Lipinski definition) is 1. The van der Waals surface area contributed by atoms with Crippen molar-refractivity contribution in [1.29, 1.82) is 0 Å². The van der Waals surface area contributed by atoms with E-state index in [0.717, 1.165) is 39.7 Å². The topological polar surface area (TPSA) is 24.9 Å². The number of thiazole rings is 1. The number of nitrogens with one attached hydrogen (secondary N) is 1. The first-order chi connectivity index (χ1) is 9.86. The summed E-state index contributed by atoms with van der Waals surface area (Å²) < 4.78 is 37.8. The monoisotopic (exact) mass is 314 g/mol. The Balaban J connectivity index is 2.32. The Kier molecular flexibility index (Phi) is 4.68. The van der Waals surface area contributed by atoms with Gasteiger partial charge in [-0.15, -0.1) is 11.3 Å². The Morgan fingerprint density at radius 1 is 1.24 bits per heavy atom. The van der Waals surface area contributed by atoms with Crippen molar-refractivity contribution in [2.45, 2.75) is 32.5 Å². The number of aromatic nitrogens is 1. The first-order valence-electron chi connectivity index (χ1n) is 6.67. The predicted octanol–water partition coefficient (Wildman–Crippen LogP) is 4.34. The van der Waals surface area contributed by atoms with Crippen molar-refractivity contribution >= 4 is 11.3 Å². The molecule has 0 saturated heterocycles. The molecule has 114 valence electrons. The summed E-state index contributed by atoms with van der Waals surface area (Å²) in [6.07, 6.45) is -3.45. The maximum atomic E-state index is 12.6. The quantitative estimate of drug-likeness (QED) is 0.908. The van der Waals surface area contributed by atoms with E-state index in [1.54, 1.807) is 18.4 Å². The summed E-state index contributed by atoms with van der Waals surface area (Å²) in [4.78, 5) is 5.73. The second kappa shape index (κ2) is 6.15. The molecule has 0 bridgehead atoms. The molecule has 1 heterocycles. The van der Waals surface area contributed by atoms with Crippen LogP contribution in [0.15, 0.2) is 24.3 Å². The van der Waals surface area contributed by atoms with Crippen molar-refractivity contribution in [3.05, 3.63) is 51.0 Å². The minimum absolute atomic E-state index is 0.184. The van der Waals surface area contributed by atoms with Gasteiger partial charge in [-0.1, -0.05) is 19.1 Å². The van der Waals surface area contributed by atoms with E-state index in [1.807, 2.05) is 13.8 Å². The smallest absolute Gasteiger partial charge is 0.307 e. The highest BCUT2D eigenvalue weighted by Crippen LogP contribution is 2.32. The van der Waals surface area contributed by atoms with Gasteiger partial charge >= 0.3 is 6.18 Å². The molecular formula is C15H17F3N2S. The maximum Gasteiger partial charge on any atom is 0.416 e. The first-order valence-corrected chi connectivity index (χ1v) is 7.49. The lowest BCUT2D eigenvalue weighted by Crippen LogP contribution is -2.18. The summed E-state index contributed by atoms with van der Waals surface area (Å²) in [6, 6.07) is 5.05. The Morgan fingerprint density at radius 3 is 2.29 bits per heavy atom. The average molecular weight is 314 g/mol. The van der Waals surface area contributed by atoms with Gasteiger partial charge in [0.15, 0.2) is 0 Å². The van der Waals surface area contributed by atoms with Crippen molar-refractivity contribution < 1.29 is 13.2 Å². The lowest BCUT2D eigenvalue weighted by molar-refractivity contribution is -0.137. The molecule has 0 fully saturated rings. The van der Waals surface area contributed by atoms with Gasteiger partial charge < -0.3 is 5.32 Å². The molecule has 0 spiro atoms. The number of aryl methyl sites for hydroxylation is 2. The molecule has 2 rings (SSSR count). The second-order valence-electron chi connectivity index (χ2n) is 4.75. The maximum absolute atomic E-state index is 12.6. The van der Waals surface area contributed by atoms with E-state index in [1.165, 1.54) is 12.1 Å². The Bertz CT molecular complexity index is 602. The zero-order valence-corrected chi connectivity index (χ0v) is 12.9. The van der Waals surface area contributed by atoms with Gasteiger partial charge in [0.05, 0.1) is 17.3 Å². The lowest BCUT2D eigenvalue weighted by atomic mass is 10.1. The highest BCUT2D eigenvalue weighted by Gasteiger charge is 2.30. The van der Waals surface area contributed by atoms with E-state index < -0.39 is 11.7 Å². The minimum atomic E-state index is -4.30. The number of benzene rings is 1. The van der Waals surface area contributed by atoms with E-state index in [-0.39, 0.29) is 6.04 Å². The third-order valence-electron chi connectivity index (χ3n) is 3.35. The molecule has 6 heteroatoms. The fraction of sp³-hybridized carbons (Fsp3) is 0.400. The number of rotatable bonds is 4. The number of halogens is 3. The summed E-state index contributed by atoms with van der Waals surface area (Å²) in [5.74, 6) is 0. The van der Waals surface area contributed by atoms with Crippen LogP contribution in [0.5, 0.6) is 0 Å². The van der Waals surface area contributed by atoms with E-state index in [2.05, 4.69) is 10.3 Å². The Morgan fingerprint density at radius 2 is 1.86 bits per heavy atom. The van der Waals surface area contributed by atoms with Gasteiger partial charge in [-0.2, -0.15) is 13.2 Å². The van der Waals surface area contributed by atoms with Gasteiger partial charge in [0.2, 0.25) is 0 Å². The van der Waals surface area contributed by atoms with Crippen molar-refractivity contribution in [3.8, 4) is 0 Å². The van der Waals surface area contributed by atoms with Crippen LogP contribution in [0.3, 0.4) is 0 Å². The van der Waals surface area contributed by atoms with E-state index in [9.17, 15) is 13.2 Å². The van der Waals surface area contributed by atoms with Crippen molar-refractivity contribution in [3.63, 3.8) is 0 Å². The van der Waals surface area contributed by atoms with Gasteiger partial charge in [-0.3, -0.25) is 0 Å². The van der Waals surface area contributed by atoms with Gasteiger partial charge in [0.1, 0.15) is 5.01 Å². The molecule has 1 atom stereocenters. The first kappa shape index (κ1) is 16.0. The van der Waals surface area contributed by atoms with E-state index in [0.29, 0.717) is 0 Å². The summed E-state index contributed by atoms with van der Waals surface area (Å²) >= 11 is 1.58. The molecule has 0 amide bonds. The standard InChI is InChI=1S/C15H17F3N2S/c1-4-12-9(2)21-14(20-12)13(19-3)10-5-7-11(8-6-10)15(16,17)18/h5-8,13,19H,4H2,1-3H3. The molecule has 0 saturated carbocycles. The van der Waals surface area contributed by atoms with Crippen molar-refractivity contribution in [1.82, 2.24) is 10.3 Å². The van der Waals surface area contributed by atoms with Gasteiger partial charge in [-0.25, -0.2) is 4.98 Å². The second-order valence-corrected chi connectivity index (χ2v) is 5.98. The molecule has 1 aromatic heterocycles. The van der Waals surface area contributed by atoms with Crippen LogP contribution >= 0.6 is 11.3 Å². The molecule has 21 heavy (non-hydrogen) atoms. The number of nitrogens with zero attached hydrogens (tertiary/aromatic N) is 1. The highest BCUT2D eigenvalue weighted by atomic mass is 32.1. The molecule has 0 aliphatic heterocycles. The summed E-state index contributed by atoms with van der Waals surface area (Å²) in [7, 11) is 1.78. The molecular weight excluding hydrogens is 297 g/mol. The van der Waals surface area contributed by atoms with Crippen LogP contribution < -0.4 is 5.32 Å². The summed E-state index contributed by atoms with van der Waals surface area (Å²) in [5.41, 5.74) is 1.19. The molecule has 1 aromatic carbocycles. The van der Waals surface area contributed by atoms with E-state index >= 15 is 0 Å². The van der Waals surface area contributed by atoms with Crippen LogP contribution in [0.1, 0.15) is 39.7 Å². The number of alkyl halides is 3. The third kappa shape index (κ3) is 3.44. The molecule has 0 aliphatic carbocycles. The molecule has 1 N–H and O–H groups in total. The predicted molar refractivity (Wildman–Crippen MR) is 78.6 cm³/mol. The SMILES string of the molecule is CCc1nc(C(NC)c2ccc(C(F)(F)F)cc2)sc1C. The molecule has 0 aliphatic rings. The third-order valence-corrected chi connectivity index (χ3v) is 4.43. The van der Waals surface area contributed by atoms with E-state index in [4.69, 9.17) is 0 Å². The van der Waals surface area contributed by atoms with Gasteiger partial charge in [0, 0.05) is 4.88 Å². The van der Waals surface area contributed by atoms with Crippen LogP contribution in [0, 0.1) is 6.92 Å². The van der Waals surface area contributed by atoms with Crippen LogP contribution in [0.25, 0.3) is 0 Å². The highest BCUT2D eigenvalue weighted by molar-refractivity contribution is 7.11. The van der Waals surface area contributed by atoms with Crippen molar-refractivity contribution in [2.24, 2.45) is 0 Å². The Hall–Kier alpha value is -1.40. The number of hydrogen-bond acceptors (Lipinski definition) is 3. The summed E-state index contributed by atoms with van der Waals surface area (Å²) in [5, 5.41) is 4.01. The fourth-order valence-corrected chi connectivity index (χ4v) is 3.35. The molecule has 0 radical (unpaired) electrons. The largest absolute Gasteiger partial charge is 0.416 e. The zero-order valence-electron chi connectivity index (χ0n) is 12.1. The summed E-state index contributed by atoms with van der Waals surface area (Å²) in [6.45, 7) is 4.05. The zero-order chi connectivity index (χ0) is 15.6. The fourth-order valence-electron chi connectivity index (χ4n) is 2.20.